The minimum atomic E-state index is -0.120. The van der Waals surface area contributed by atoms with Gasteiger partial charge in [-0.2, -0.15) is 0 Å². The quantitative estimate of drug-likeness (QED) is 0.718. The molecule has 0 heterocycles. The van der Waals surface area contributed by atoms with Crippen LogP contribution in [-0.4, -0.2) is 29.8 Å². The zero-order valence-electron chi connectivity index (χ0n) is 11.8. The monoisotopic (exact) mass is 245 g/mol. The van der Waals surface area contributed by atoms with Gasteiger partial charge in [0.25, 0.3) is 0 Å². The van der Waals surface area contributed by atoms with Gasteiger partial charge in [-0.25, -0.2) is 0 Å². The molecule has 18 heavy (non-hydrogen) atoms. The Kier molecular flexibility index (Phi) is 5.29. The number of likely N-dealkylation sites (N-methyl/N-ethyl adjacent to an activating group) is 1. The standard InChI is InChI=1S/C16H23NO/c1-12(2)16(18)15(17(5)13(3)4)11-14-9-7-6-8-10-14/h6-10,13,15H,1,11H2,2-5H3/t15-/m0/s1. The number of benzene rings is 1. The average molecular weight is 245 g/mol. The summed E-state index contributed by atoms with van der Waals surface area (Å²) in [4.78, 5) is 14.4. The van der Waals surface area contributed by atoms with Gasteiger partial charge < -0.3 is 0 Å². The molecule has 0 aromatic heterocycles. The van der Waals surface area contributed by atoms with Gasteiger partial charge in [-0.05, 0) is 45.4 Å². The van der Waals surface area contributed by atoms with Crippen LogP contribution in [0.1, 0.15) is 26.3 Å². The lowest BCUT2D eigenvalue weighted by Gasteiger charge is -2.30. The summed E-state index contributed by atoms with van der Waals surface area (Å²) in [7, 11) is 2.00. The Bertz CT molecular complexity index is 408. The average Bonchev–Trinajstić information content (AvgIpc) is 2.35. The fourth-order valence-corrected chi connectivity index (χ4v) is 1.90. The molecule has 0 fully saturated rings. The van der Waals surface area contributed by atoms with Crippen LogP contribution in [0.3, 0.4) is 0 Å². The van der Waals surface area contributed by atoms with Gasteiger partial charge in [0.1, 0.15) is 0 Å². The highest BCUT2D eigenvalue weighted by atomic mass is 16.1. The maximum atomic E-state index is 12.3. The molecule has 0 aliphatic carbocycles. The van der Waals surface area contributed by atoms with E-state index in [1.54, 1.807) is 6.92 Å². The van der Waals surface area contributed by atoms with Crippen LogP contribution in [0.2, 0.25) is 0 Å². The molecule has 0 saturated carbocycles. The predicted molar refractivity (Wildman–Crippen MR) is 76.7 cm³/mol. The fourth-order valence-electron chi connectivity index (χ4n) is 1.90. The van der Waals surface area contributed by atoms with E-state index in [0.717, 1.165) is 6.42 Å². The van der Waals surface area contributed by atoms with E-state index in [1.807, 2.05) is 25.2 Å². The highest BCUT2D eigenvalue weighted by molar-refractivity contribution is 5.98. The lowest BCUT2D eigenvalue weighted by atomic mass is 9.97. The van der Waals surface area contributed by atoms with Crippen LogP contribution in [0.15, 0.2) is 42.5 Å². The second kappa shape index (κ2) is 6.50. The molecule has 0 unspecified atom stereocenters. The van der Waals surface area contributed by atoms with Crippen LogP contribution >= 0.6 is 0 Å². The van der Waals surface area contributed by atoms with E-state index in [9.17, 15) is 4.79 Å². The van der Waals surface area contributed by atoms with Crippen LogP contribution in [0.25, 0.3) is 0 Å². The van der Waals surface area contributed by atoms with Gasteiger partial charge >= 0.3 is 0 Å². The molecule has 0 radical (unpaired) electrons. The maximum absolute atomic E-state index is 12.3. The molecule has 0 aliphatic heterocycles. The number of carbonyl (C=O) groups excluding carboxylic acids is 1. The largest absolute Gasteiger partial charge is 0.294 e. The number of hydrogen-bond donors (Lipinski definition) is 0. The first-order chi connectivity index (χ1) is 8.43. The Morgan fingerprint density at radius 2 is 1.83 bits per heavy atom. The van der Waals surface area contributed by atoms with Gasteiger partial charge in [-0.15, -0.1) is 0 Å². The van der Waals surface area contributed by atoms with Crippen LogP contribution in [0.4, 0.5) is 0 Å². The fraction of sp³-hybridized carbons (Fsp3) is 0.438. The van der Waals surface area contributed by atoms with Crippen molar-refractivity contribution in [3.05, 3.63) is 48.0 Å². The first kappa shape index (κ1) is 14.7. The zero-order chi connectivity index (χ0) is 13.7. The first-order valence-electron chi connectivity index (χ1n) is 6.39. The van der Waals surface area contributed by atoms with Gasteiger partial charge in [0, 0.05) is 6.04 Å². The Morgan fingerprint density at radius 3 is 2.28 bits per heavy atom. The van der Waals surface area contributed by atoms with Crippen molar-refractivity contribution in [3.8, 4) is 0 Å². The van der Waals surface area contributed by atoms with Crippen LogP contribution in [-0.2, 0) is 11.2 Å². The van der Waals surface area contributed by atoms with Gasteiger partial charge in [0.2, 0.25) is 0 Å². The second-order valence-corrected chi connectivity index (χ2v) is 5.11. The lowest BCUT2D eigenvalue weighted by Crippen LogP contribution is -2.44. The van der Waals surface area contributed by atoms with Crippen molar-refractivity contribution in [3.63, 3.8) is 0 Å². The van der Waals surface area contributed by atoms with E-state index in [2.05, 4.69) is 37.5 Å². The molecule has 98 valence electrons. The molecule has 2 nitrogen and oxygen atoms in total. The van der Waals surface area contributed by atoms with Crippen molar-refractivity contribution in [1.29, 1.82) is 0 Å². The van der Waals surface area contributed by atoms with E-state index in [-0.39, 0.29) is 11.8 Å². The number of rotatable bonds is 6. The van der Waals surface area contributed by atoms with E-state index < -0.39 is 0 Å². The molecule has 1 aromatic rings. The zero-order valence-corrected chi connectivity index (χ0v) is 11.8. The van der Waals surface area contributed by atoms with Crippen molar-refractivity contribution in [2.45, 2.75) is 39.3 Å². The minimum absolute atomic E-state index is 0.120. The SMILES string of the molecule is C=C(C)C(=O)[C@H](Cc1ccccc1)N(C)C(C)C. The third-order valence-electron chi connectivity index (χ3n) is 3.30. The highest BCUT2D eigenvalue weighted by Crippen LogP contribution is 2.14. The Hall–Kier alpha value is -1.41. The third kappa shape index (κ3) is 3.81. The van der Waals surface area contributed by atoms with Crippen LogP contribution in [0.5, 0.6) is 0 Å². The molecule has 1 aromatic carbocycles. The van der Waals surface area contributed by atoms with Gasteiger partial charge in [0.05, 0.1) is 6.04 Å². The van der Waals surface area contributed by atoms with Gasteiger partial charge in [-0.1, -0.05) is 36.9 Å². The summed E-state index contributed by atoms with van der Waals surface area (Å²) in [6, 6.07) is 10.3. The second-order valence-electron chi connectivity index (χ2n) is 5.11. The summed E-state index contributed by atoms with van der Waals surface area (Å²) in [5.74, 6) is 0.134. The van der Waals surface area contributed by atoms with Crippen LogP contribution < -0.4 is 0 Å². The molecule has 1 atom stereocenters. The number of ketones is 1. The van der Waals surface area contributed by atoms with E-state index in [0.29, 0.717) is 11.6 Å². The predicted octanol–water partition coefficient (Wildman–Crippen LogP) is 3.08. The summed E-state index contributed by atoms with van der Waals surface area (Å²) in [6.45, 7) is 9.77. The molecule has 0 bridgehead atoms. The van der Waals surface area contributed by atoms with E-state index >= 15 is 0 Å². The van der Waals surface area contributed by atoms with Crippen molar-refractivity contribution < 1.29 is 4.79 Å². The molecule has 0 aliphatic rings. The minimum Gasteiger partial charge on any atom is -0.294 e. The summed E-state index contributed by atoms with van der Waals surface area (Å²) in [6.07, 6.45) is 0.737. The summed E-state index contributed by atoms with van der Waals surface area (Å²) in [5, 5.41) is 0. The van der Waals surface area contributed by atoms with Gasteiger partial charge in [-0.3, -0.25) is 9.69 Å². The molecule has 0 saturated heterocycles. The normalized spacial score (nSPS) is 12.8. The van der Waals surface area contributed by atoms with E-state index in [1.165, 1.54) is 5.56 Å². The van der Waals surface area contributed by atoms with Crippen molar-refractivity contribution >= 4 is 5.78 Å². The summed E-state index contributed by atoms with van der Waals surface area (Å²) >= 11 is 0. The number of hydrogen-bond acceptors (Lipinski definition) is 2. The number of carbonyl (C=O) groups is 1. The molecular formula is C16H23NO. The summed E-state index contributed by atoms with van der Waals surface area (Å²) in [5.41, 5.74) is 1.81. The van der Waals surface area contributed by atoms with Gasteiger partial charge in [0.15, 0.2) is 5.78 Å². The molecule has 0 N–H and O–H groups in total. The Balaban J connectivity index is 2.91. The Labute approximate surface area is 110 Å². The molecule has 2 heteroatoms. The van der Waals surface area contributed by atoms with Crippen LogP contribution in [0, 0.1) is 0 Å². The third-order valence-corrected chi connectivity index (χ3v) is 3.30. The topological polar surface area (TPSA) is 20.3 Å². The first-order valence-corrected chi connectivity index (χ1v) is 6.39. The van der Waals surface area contributed by atoms with Crippen molar-refractivity contribution in [1.82, 2.24) is 4.90 Å². The number of nitrogens with zero attached hydrogens (tertiary/aromatic N) is 1. The maximum Gasteiger partial charge on any atom is 0.175 e. The molecule has 0 spiro atoms. The van der Waals surface area contributed by atoms with Crippen molar-refractivity contribution in [2.75, 3.05) is 7.05 Å². The molecule has 1 rings (SSSR count). The van der Waals surface area contributed by atoms with E-state index in [4.69, 9.17) is 0 Å². The smallest absolute Gasteiger partial charge is 0.175 e. The molecular weight excluding hydrogens is 222 g/mol. The molecule has 0 amide bonds. The lowest BCUT2D eigenvalue weighted by molar-refractivity contribution is -0.120. The summed E-state index contributed by atoms with van der Waals surface area (Å²) < 4.78 is 0. The highest BCUT2D eigenvalue weighted by Gasteiger charge is 2.25. The number of Topliss-reactive ketones (excluding diaryl/α,β-unsaturated/α-hetero) is 1. The van der Waals surface area contributed by atoms with Crippen molar-refractivity contribution in [2.24, 2.45) is 0 Å². The Morgan fingerprint density at radius 1 is 1.28 bits per heavy atom.